The molecule has 0 bridgehead atoms. The van der Waals surface area contributed by atoms with Gasteiger partial charge in [0.2, 0.25) is 5.91 Å². The molecule has 0 aliphatic carbocycles. The Morgan fingerprint density at radius 3 is 2.70 bits per heavy atom. The largest absolute Gasteiger partial charge is 0.318 e. The molecule has 1 aliphatic heterocycles. The van der Waals surface area contributed by atoms with Crippen LogP contribution in [0.15, 0.2) is 17.5 Å². The molecule has 0 saturated carbocycles. The number of nitrogens with zero attached hydrogens (tertiary/aromatic N) is 1. The monoisotopic (exact) mass is 294 g/mol. The van der Waals surface area contributed by atoms with Gasteiger partial charge in [0.25, 0.3) is 0 Å². The van der Waals surface area contributed by atoms with Gasteiger partial charge in [-0.1, -0.05) is 33.3 Å². The number of rotatable bonds is 6. The lowest BCUT2D eigenvalue weighted by atomic mass is 9.99. The van der Waals surface area contributed by atoms with Gasteiger partial charge in [0.15, 0.2) is 0 Å². The second-order valence-electron chi connectivity index (χ2n) is 5.89. The molecule has 1 amide bonds. The standard InChI is InChI=1S/C16H26N2OS/c1-5-11(3)10-12(4)18-15(14-8-7-9-20-14)17-13(6-2)16(18)19/h7-9,11-13,15,17H,5-6,10H2,1-4H3. The predicted molar refractivity (Wildman–Crippen MR) is 84.7 cm³/mol. The van der Waals surface area contributed by atoms with Gasteiger partial charge < -0.3 is 4.90 Å². The average Bonchev–Trinajstić information content (AvgIpc) is 3.05. The van der Waals surface area contributed by atoms with Crippen molar-refractivity contribution >= 4 is 17.2 Å². The summed E-state index contributed by atoms with van der Waals surface area (Å²) < 4.78 is 0. The Bertz CT molecular complexity index is 432. The molecule has 0 spiro atoms. The van der Waals surface area contributed by atoms with Crippen LogP contribution in [0.4, 0.5) is 0 Å². The van der Waals surface area contributed by atoms with Gasteiger partial charge in [0, 0.05) is 10.9 Å². The molecule has 20 heavy (non-hydrogen) atoms. The first-order chi connectivity index (χ1) is 9.58. The van der Waals surface area contributed by atoms with Gasteiger partial charge in [-0.25, -0.2) is 0 Å². The van der Waals surface area contributed by atoms with Crippen LogP contribution >= 0.6 is 11.3 Å². The maximum Gasteiger partial charge on any atom is 0.241 e. The molecule has 1 aromatic heterocycles. The molecule has 1 aromatic rings. The van der Waals surface area contributed by atoms with Gasteiger partial charge in [-0.2, -0.15) is 0 Å². The summed E-state index contributed by atoms with van der Waals surface area (Å²) >= 11 is 1.72. The van der Waals surface area contributed by atoms with Crippen LogP contribution in [-0.4, -0.2) is 22.9 Å². The van der Waals surface area contributed by atoms with Crippen LogP contribution in [0.25, 0.3) is 0 Å². The third-order valence-electron chi connectivity index (χ3n) is 4.33. The summed E-state index contributed by atoms with van der Waals surface area (Å²) in [6, 6.07) is 4.44. The fraction of sp³-hybridized carbons (Fsp3) is 0.688. The van der Waals surface area contributed by atoms with Crippen molar-refractivity contribution in [2.75, 3.05) is 0 Å². The van der Waals surface area contributed by atoms with Gasteiger partial charge >= 0.3 is 0 Å². The normalized spacial score (nSPS) is 26.0. The number of carbonyl (C=O) groups is 1. The predicted octanol–water partition coefficient (Wildman–Crippen LogP) is 3.78. The van der Waals surface area contributed by atoms with E-state index in [0.29, 0.717) is 5.92 Å². The summed E-state index contributed by atoms with van der Waals surface area (Å²) in [6.07, 6.45) is 3.15. The first kappa shape index (κ1) is 15.5. The van der Waals surface area contributed by atoms with Crippen LogP contribution in [0, 0.1) is 5.92 Å². The third-order valence-corrected chi connectivity index (χ3v) is 5.25. The maximum absolute atomic E-state index is 12.6. The summed E-state index contributed by atoms with van der Waals surface area (Å²) in [6.45, 7) is 8.74. The van der Waals surface area contributed by atoms with Crippen molar-refractivity contribution in [3.63, 3.8) is 0 Å². The van der Waals surface area contributed by atoms with Gasteiger partial charge in [-0.05, 0) is 37.1 Å². The van der Waals surface area contributed by atoms with Crippen molar-refractivity contribution in [2.45, 2.75) is 65.2 Å². The van der Waals surface area contributed by atoms with E-state index in [1.807, 2.05) is 0 Å². The molecule has 4 heteroatoms. The van der Waals surface area contributed by atoms with Crippen molar-refractivity contribution in [3.8, 4) is 0 Å². The Balaban J connectivity index is 2.19. The van der Waals surface area contributed by atoms with Crippen LogP contribution in [0.2, 0.25) is 0 Å². The van der Waals surface area contributed by atoms with Crippen LogP contribution in [0.1, 0.15) is 58.0 Å². The van der Waals surface area contributed by atoms with E-state index in [2.05, 4.69) is 55.4 Å². The summed E-state index contributed by atoms with van der Waals surface area (Å²) in [5.74, 6) is 0.921. The minimum atomic E-state index is -0.0264. The van der Waals surface area contributed by atoms with Gasteiger partial charge in [-0.15, -0.1) is 11.3 Å². The Hall–Kier alpha value is -0.870. The molecule has 0 aromatic carbocycles. The zero-order valence-corrected chi connectivity index (χ0v) is 13.7. The van der Waals surface area contributed by atoms with Crippen molar-refractivity contribution in [1.82, 2.24) is 10.2 Å². The molecule has 2 rings (SSSR count). The zero-order chi connectivity index (χ0) is 14.7. The van der Waals surface area contributed by atoms with Crippen molar-refractivity contribution in [1.29, 1.82) is 0 Å². The Labute approximate surface area is 126 Å². The molecule has 1 N–H and O–H groups in total. The van der Waals surface area contributed by atoms with Crippen LogP contribution in [0.5, 0.6) is 0 Å². The van der Waals surface area contributed by atoms with Crippen molar-refractivity contribution < 1.29 is 4.79 Å². The number of nitrogens with one attached hydrogen (secondary N) is 1. The van der Waals surface area contributed by atoms with Gasteiger partial charge in [0.05, 0.1) is 6.04 Å². The van der Waals surface area contributed by atoms with Crippen LogP contribution in [-0.2, 0) is 4.79 Å². The van der Waals surface area contributed by atoms with E-state index >= 15 is 0 Å². The van der Waals surface area contributed by atoms with E-state index in [-0.39, 0.29) is 24.2 Å². The van der Waals surface area contributed by atoms with Crippen molar-refractivity contribution in [2.24, 2.45) is 5.92 Å². The molecule has 4 atom stereocenters. The Morgan fingerprint density at radius 1 is 1.40 bits per heavy atom. The van der Waals surface area contributed by atoms with Gasteiger partial charge in [-0.3, -0.25) is 10.1 Å². The molecule has 3 nitrogen and oxygen atoms in total. The lowest BCUT2D eigenvalue weighted by Gasteiger charge is -2.31. The highest BCUT2D eigenvalue weighted by atomic mass is 32.1. The van der Waals surface area contributed by atoms with Crippen LogP contribution in [0.3, 0.4) is 0 Å². The average molecular weight is 294 g/mol. The van der Waals surface area contributed by atoms with E-state index < -0.39 is 0 Å². The number of hydrogen-bond acceptors (Lipinski definition) is 3. The topological polar surface area (TPSA) is 32.3 Å². The lowest BCUT2D eigenvalue weighted by molar-refractivity contribution is -0.132. The molecule has 2 heterocycles. The minimum Gasteiger partial charge on any atom is -0.318 e. The lowest BCUT2D eigenvalue weighted by Crippen LogP contribution is -2.39. The highest BCUT2D eigenvalue weighted by Gasteiger charge is 2.41. The Kier molecular flexibility index (Phi) is 5.22. The van der Waals surface area contributed by atoms with E-state index in [0.717, 1.165) is 12.8 Å². The smallest absolute Gasteiger partial charge is 0.241 e. The van der Waals surface area contributed by atoms with Gasteiger partial charge in [0.1, 0.15) is 6.17 Å². The van der Waals surface area contributed by atoms with Crippen LogP contribution < -0.4 is 5.32 Å². The first-order valence-electron chi connectivity index (χ1n) is 7.70. The molecule has 112 valence electrons. The number of amides is 1. The summed E-state index contributed by atoms with van der Waals surface area (Å²) in [7, 11) is 0. The minimum absolute atomic E-state index is 0.0264. The summed E-state index contributed by atoms with van der Waals surface area (Å²) in [5, 5.41) is 5.58. The molecular weight excluding hydrogens is 268 g/mol. The highest BCUT2D eigenvalue weighted by molar-refractivity contribution is 7.10. The Morgan fingerprint density at radius 2 is 2.15 bits per heavy atom. The van der Waals surface area contributed by atoms with E-state index in [1.54, 1.807) is 11.3 Å². The SMILES string of the molecule is CCC(C)CC(C)N1C(=O)C(CC)NC1c1cccs1. The van der Waals surface area contributed by atoms with Crippen molar-refractivity contribution in [3.05, 3.63) is 22.4 Å². The fourth-order valence-corrected chi connectivity index (χ4v) is 3.72. The first-order valence-corrected chi connectivity index (χ1v) is 8.58. The number of carbonyl (C=O) groups excluding carboxylic acids is 1. The quantitative estimate of drug-likeness (QED) is 0.866. The van der Waals surface area contributed by atoms with E-state index in [4.69, 9.17) is 0 Å². The molecular formula is C16H26N2OS. The third kappa shape index (κ3) is 3.07. The number of hydrogen-bond donors (Lipinski definition) is 1. The summed E-state index contributed by atoms with van der Waals surface area (Å²) in [4.78, 5) is 15.9. The maximum atomic E-state index is 12.6. The molecule has 1 saturated heterocycles. The van der Waals surface area contributed by atoms with E-state index in [9.17, 15) is 4.79 Å². The zero-order valence-electron chi connectivity index (χ0n) is 12.9. The second-order valence-corrected chi connectivity index (χ2v) is 6.87. The number of thiophene rings is 1. The van der Waals surface area contributed by atoms with E-state index in [1.165, 1.54) is 11.3 Å². The highest BCUT2D eigenvalue weighted by Crippen LogP contribution is 2.32. The second kappa shape index (κ2) is 6.72. The molecule has 4 unspecified atom stereocenters. The molecule has 1 fully saturated rings. The summed E-state index contributed by atoms with van der Waals surface area (Å²) in [5.41, 5.74) is 0. The fourth-order valence-electron chi connectivity index (χ4n) is 2.94. The molecule has 1 aliphatic rings. The molecule has 0 radical (unpaired) electrons.